The van der Waals surface area contributed by atoms with E-state index < -0.39 is 52.4 Å². The lowest BCUT2D eigenvalue weighted by atomic mass is 10.2. The second kappa shape index (κ2) is 7.70. The number of carboxylic acids is 2. The number of carboxylic acid groups (broad SMARTS) is 2. The number of hydrogen-bond acceptors (Lipinski definition) is 4. The third-order valence-electron chi connectivity index (χ3n) is 3.08. The van der Waals surface area contributed by atoms with Gasteiger partial charge in [-0.15, -0.1) is 0 Å². The van der Waals surface area contributed by atoms with E-state index >= 15 is 0 Å². The molecule has 0 aliphatic rings. The standard InChI is InChI=1S/C16H9ClF4O6/c17-10-3-7(16(19,20)21)4-11(18)14(10)27-8-1-2-12(26-6-13(22)23)9(5-8)15(24)25/h1-5H,6H2,(H,22,23)(H,24,25). The van der Waals surface area contributed by atoms with E-state index in [1.165, 1.54) is 0 Å². The first-order valence-electron chi connectivity index (χ1n) is 6.95. The third kappa shape index (κ3) is 5.00. The first kappa shape index (κ1) is 20.3. The van der Waals surface area contributed by atoms with Gasteiger partial charge in [0.15, 0.2) is 18.2 Å². The second-order valence-electron chi connectivity index (χ2n) is 5.01. The van der Waals surface area contributed by atoms with Gasteiger partial charge in [-0.1, -0.05) is 11.6 Å². The SMILES string of the molecule is O=C(O)COc1ccc(Oc2c(F)cc(C(F)(F)F)cc2Cl)cc1C(=O)O. The number of aliphatic carboxylic acids is 1. The van der Waals surface area contributed by atoms with E-state index in [1.807, 2.05) is 0 Å². The van der Waals surface area contributed by atoms with Crippen LogP contribution in [0, 0.1) is 5.82 Å². The minimum absolute atomic E-state index is 0.184. The molecular formula is C16H9ClF4O6. The number of aromatic carboxylic acids is 1. The Morgan fingerprint density at radius 2 is 1.78 bits per heavy atom. The lowest BCUT2D eigenvalue weighted by Gasteiger charge is -2.14. The smallest absolute Gasteiger partial charge is 0.416 e. The Morgan fingerprint density at radius 1 is 1.11 bits per heavy atom. The zero-order valence-corrected chi connectivity index (χ0v) is 13.8. The van der Waals surface area contributed by atoms with Crippen LogP contribution in [0.5, 0.6) is 17.2 Å². The highest BCUT2D eigenvalue weighted by molar-refractivity contribution is 6.32. The van der Waals surface area contributed by atoms with Gasteiger partial charge in [0.25, 0.3) is 0 Å². The third-order valence-corrected chi connectivity index (χ3v) is 3.36. The number of carbonyl (C=O) groups is 2. The Morgan fingerprint density at radius 3 is 2.30 bits per heavy atom. The zero-order valence-electron chi connectivity index (χ0n) is 13.0. The van der Waals surface area contributed by atoms with Crippen LogP contribution in [0.3, 0.4) is 0 Å². The summed E-state index contributed by atoms with van der Waals surface area (Å²) in [6.07, 6.45) is -4.82. The van der Waals surface area contributed by atoms with Crippen LogP contribution in [-0.2, 0) is 11.0 Å². The summed E-state index contributed by atoms with van der Waals surface area (Å²) in [5, 5.41) is 17.0. The summed E-state index contributed by atoms with van der Waals surface area (Å²) in [4.78, 5) is 21.8. The van der Waals surface area contributed by atoms with Crippen molar-refractivity contribution in [2.45, 2.75) is 6.18 Å². The van der Waals surface area contributed by atoms with Crippen molar-refractivity contribution >= 4 is 23.5 Å². The van der Waals surface area contributed by atoms with Crippen molar-refractivity contribution in [1.82, 2.24) is 0 Å². The molecule has 27 heavy (non-hydrogen) atoms. The molecule has 2 N–H and O–H groups in total. The molecule has 6 nitrogen and oxygen atoms in total. The molecule has 2 aromatic rings. The van der Waals surface area contributed by atoms with Gasteiger partial charge in [-0.25, -0.2) is 14.0 Å². The van der Waals surface area contributed by atoms with Crippen LogP contribution < -0.4 is 9.47 Å². The van der Waals surface area contributed by atoms with Crippen LogP contribution in [0.15, 0.2) is 30.3 Å². The number of ether oxygens (including phenoxy) is 2. The molecule has 0 atom stereocenters. The van der Waals surface area contributed by atoms with Crippen LogP contribution in [0.1, 0.15) is 15.9 Å². The van der Waals surface area contributed by atoms with Gasteiger partial charge >= 0.3 is 18.1 Å². The van der Waals surface area contributed by atoms with Crippen molar-refractivity contribution in [2.24, 2.45) is 0 Å². The molecule has 144 valence electrons. The molecule has 0 aliphatic heterocycles. The monoisotopic (exact) mass is 408 g/mol. The van der Waals surface area contributed by atoms with E-state index in [4.69, 9.17) is 31.3 Å². The molecule has 11 heteroatoms. The van der Waals surface area contributed by atoms with Crippen molar-refractivity contribution in [3.8, 4) is 17.2 Å². The van der Waals surface area contributed by atoms with Crippen molar-refractivity contribution in [3.05, 3.63) is 52.3 Å². The Hall–Kier alpha value is -3.01. The molecule has 2 rings (SSSR count). The molecule has 0 radical (unpaired) electrons. The van der Waals surface area contributed by atoms with Gasteiger partial charge in [0, 0.05) is 0 Å². The van der Waals surface area contributed by atoms with Crippen LogP contribution in [0.25, 0.3) is 0 Å². The molecule has 0 aliphatic carbocycles. The Kier molecular flexibility index (Phi) is 5.79. The van der Waals surface area contributed by atoms with Gasteiger partial charge in [0.1, 0.15) is 17.1 Å². The van der Waals surface area contributed by atoms with Gasteiger partial charge < -0.3 is 19.7 Å². The predicted molar refractivity (Wildman–Crippen MR) is 83.0 cm³/mol. The fraction of sp³-hybridized carbons (Fsp3) is 0.125. The maximum atomic E-state index is 14.0. The molecule has 0 saturated heterocycles. The summed E-state index contributed by atoms with van der Waals surface area (Å²) in [5.74, 6) is -5.55. The fourth-order valence-electron chi connectivity index (χ4n) is 1.94. The largest absolute Gasteiger partial charge is 0.481 e. The molecular weight excluding hydrogens is 400 g/mol. The summed E-state index contributed by atoms with van der Waals surface area (Å²) in [6.45, 7) is -0.806. The Balaban J connectivity index is 2.36. The number of benzene rings is 2. The first-order chi connectivity index (χ1) is 12.5. The van der Waals surface area contributed by atoms with Gasteiger partial charge in [0.2, 0.25) is 0 Å². The normalized spacial score (nSPS) is 11.1. The van der Waals surface area contributed by atoms with Crippen LogP contribution in [0.4, 0.5) is 17.6 Å². The number of alkyl halides is 3. The maximum absolute atomic E-state index is 14.0. The van der Waals surface area contributed by atoms with E-state index in [9.17, 15) is 27.2 Å². The van der Waals surface area contributed by atoms with Crippen molar-refractivity contribution in [1.29, 1.82) is 0 Å². The summed E-state index contributed by atoms with van der Waals surface area (Å²) < 4.78 is 61.7. The average Bonchev–Trinajstić information content (AvgIpc) is 2.55. The molecule has 0 aromatic heterocycles. The lowest BCUT2D eigenvalue weighted by molar-refractivity contribution is -0.139. The molecule has 0 bridgehead atoms. The molecule has 0 spiro atoms. The van der Waals surface area contributed by atoms with Gasteiger partial charge in [0.05, 0.1) is 10.6 Å². The van der Waals surface area contributed by atoms with E-state index in [-0.39, 0.29) is 17.6 Å². The second-order valence-corrected chi connectivity index (χ2v) is 5.42. The minimum Gasteiger partial charge on any atom is -0.481 e. The number of rotatable bonds is 6. The van der Waals surface area contributed by atoms with E-state index in [0.717, 1.165) is 18.2 Å². The van der Waals surface area contributed by atoms with Gasteiger partial charge in [-0.05, 0) is 30.3 Å². The highest BCUT2D eigenvalue weighted by Gasteiger charge is 2.32. The molecule has 0 amide bonds. The van der Waals surface area contributed by atoms with Gasteiger partial charge in [-0.3, -0.25) is 0 Å². The quantitative estimate of drug-likeness (QED) is 0.686. The molecule has 0 fully saturated rings. The highest BCUT2D eigenvalue weighted by Crippen LogP contribution is 2.39. The van der Waals surface area contributed by atoms with Gasteiger partial charge in [-0.2, -0.15) is 13.2 Å². The summed E-state index contributed by atoms with van der Waals surface area (Å²) >= 11 is 5.64. The number of halogens is 5. The molecule has 0 heterocycles. The first-order valence-corrected chi connectivity index (χ1v) is 7.33. The van der Waals surface area contributed by atoms with E-state index in [0.29, 0.717) is 6.07 Å². The topological polar surface area (TPSA) is 93.1 Å². The lowest BCUT2D eigenvalue weighted by Crippen LogP contribution is -2.12. The predicted octanol–water partition coefficient (Wildman–Crippen LogP) is 4.45. The van der Waals surface area contributed by atoms with Crippen LogP contribution in [0.2, 0.25) is 5.02 Å². The fourth-order valence-corrected chi connectivity index (χ4v) is 2.19. The minimum atomic E-state index is -4.82. The van der Waals surface area contributed by atoms with E-state index in [1.54, 1.807) is 0 Å². The van der Waals surface area contributed by atoms with Crippen molar-refractivity contribution < 1.29 is 46.8 Å². The summed E-state index contributed by atoms with van der Waals surface area (Å²) in [6, 6.07) is 3.69. The zero-order chi connectivity index (χ0) is 20.4. The van der Waals surface area contributed by atoms with Crippen LogP contribution >= 0.6 is 11.6 Å². The summed E-state index contributed by atoms with van der Waals surface area (Å²) in [7, 11) is 0. The maximum Gasteiger partial charge on any atom is 0.416 e. The van der Waals surface area contributed by atoms with E-state index in [2.05, 4.69) is 0 Å². The summed E-state index contributed by atoms with van der Waals surface area (Å²) in [5.41, 5.74) is -1.82. The Labute approximate surface area is 153 Å². The average molecular weight is 409 g/mol. The van der Waals surface area contributed by atoms with Crippen LogP contribution in [-0.4, -0.2) is 28.8 Å². The Bertz CT molecular complexity index is 874. The number of hydrogen-bond donors (Lipinski definition) is 2. The van der Waals surface area contributed by atoms with Crippen molar-refractivity contribution in [2.75, 3.05) is 6.61 Å². The molecule has 0 unspecified atom stereocenters. The molecule has 0 saturated carbocycles. The molecule has 2 aromatic carbocycles. The highest BCUT2D eigenvalue weighted by atomic mass is 35.5. The van der Waals surface area contributed by atoms with Crippen molar-refractivity contribution in [3.63, 3.8) is 0 Å².